The summed E-state index contributed by atoms with van der Waals surface area (Å²) in [5.41, 5.74) is 1.75. The summed E-state index contributed by atoms with van der Waals surface area (Å²) in [6.45, 7) is 1.78. The van der Waals surface area contributed by atoms with E-state index in [0.29, 0.717) is 17.2 Å². The number of nitriles is 1. The van der Waals surface area contributed by atoms with Gasteiger partial charge in [0.25, 0.3) is 0 Å². The molecular weight excluding hydrogens is 316 g/mol. The average Bonchev–Trinajstić information content (AvgIpc) is 3.16. The minimum atomic E-state index is -0.416. The number of carbonyl (C=O) groups excluding carboxylic acids is 1. The van der Waals surface area contributed by atoms with Gasteiger partial charge < -0.3 is 10.6 Å². The summed E-state index contributed by atoms with van der Waals surface area (Å²) >= 11 is 0. The maximum absolute atomic E-state index is 12.3. The predicted octanol–water partition coefficient (Wildman–Crippen LogP) is 3.09. The van der Waals surface area contributed by atoms with Crippen molar-refractivity contribution >= 4 is 23.1 Å². The highest BCUT2D eigenvalue weighted by Gasteiger charge is 2.15. The van der Waals surface area contributed by atoms with Crippen molar-refractivity contribution in [2.24, 2.45) is 0 Å². The number of nitrogens with zero attached hydrogens (tertiary/aromatic N) is 4. The summed E-state index contributed by atoms with van der Waals surface area (Å²) in [4.78, 5) is 16.5. The highest BCUT2D eigenvalue weighted by molar-refractivity contribution is 5.93. The Morgan fingerprint density at radius 1 is 1.20 bits per heavy atom. The van der Waals surface area contributed by atoms with Crippen LogP contribution in [0.15, 0.2) is 60.9 Å². The van der Waals surface area contributed by atoms with Gasteiger partial charge in [0, 0.05) is 23.8 Å². The van der Waals surface area contributed by atoms with Gasteiger partial charge in [0.15, 0.2) is 0 Å². The van der Waals surface area contributed by atoms with Crippen LogP contribution in [0.1, 0.15) is 18.7 Å². The fourth-order valence-corrected chi connectivity index (χ4v) is 2.27. The summed E-state index contributed by atoms with van der Waals surface area (Å²) in [6, 6.07) is 15.8. The molecule has 0 fully saturated rings. The van der Waals surface area contributed by atoms with Crippen LogP contribution in [0.4, 0.5) is 17.2 Å². The molecule has 25 heavy (non-hydrogen) atoms. The van der Waals surface area contributed by atoms with Gasteiger partial charge in [-0.25, -0.2) is 4.98 Å². The van der Waals surface area contributed by atoms with E-state index >= 15 is 0 Å². The molecule has 0 spiro atoms. The second kappa shape index (κ2) is 7.27. The molecule has 2 heterocycles. The van der Waals surface area contributed by atoms with Crippen molar-refractivity contribution in [3.05, 3.63) is 66.6 Å². The van der Waals surface area contributed by atoms with Gasteiger partial charge in [-0.05, 0) is 43.3 Å². The zero-order valence-corrected chi connectivity index (χ0v) is 13.5. The number of amides is 1. The van der Waals surface area contributed by atoms with Crippen LogP contribution in [-0.4, -0.2) is 20.7 Å². The Balaban J connectivity index is 1.71. The highest BCUT2D eigenvalue weighted by atomic mass is 16.2. The van der Waals surface area contributed by atoms with Crippen LogP contribution in [0, 0.1) is 11.3 Å². The first-order chi connectivity index (χ1) is 12.2. The standard InChI is InChI=1S/C18H16N6O/c1-13(24-10-4-9-20-24)18(25)23-15-6-2-5-14(11-15)21-17-8-3-7-16(12-19)22-17/h2-11,13H,1H3,(H,21,22)(H,23,25). The van der Waals surface area contributed by atoms with Gasteiger partial charge in [0.05, 0.1) is 0 Å². The number of aromatic nitrogens is 3. The molecule has 2 N–H and O–H groups in total. The summed E-state index contributed by atoms with van der Waals surface area (Å²) in [5.74, 6) is 0.401. The summed E-state index contributed by atoms with van der Waals surface area (Å²) in [5, 5.41) is 19.0. The van der Waals surface area contributed by atoms with Gasteiger partial charge in [-0.3, -0.25) is 9.48 Å². The molecule has 3 rings (SSSR count). The van der Waals surface area contributed by atoms with Gasteiger partial charge in [-0.2, -0.15) is 10.4 Å². The number of pyridine rings is 1. The molecule has 7 heteroatoms. The molecule has 1 unspecified atom stereocenters. The molecule has 1 aromatic carbocycles. The second-order valence-corrected chi connectivity index (χ2v) is 5.38. The van der Waals surface area contributed by atoms with Crippen LogP contribution < -0.4 is 10.6 Å². The van der Waals surface area contributed by atoms with Gasteiger partial charge >= 0.3 is 0 Å². The Labute approximate surface area is 144 Å². The quantitative estimate of drug-likeness (QED) is 0.748. The third-order valence-electron chi connectivity index (χ3n) is 3.57. The minimum absolute atomic E-state index is 0.162. The number of hydrogen-bond acceptors (Lipinski definition) is 5. The first kappa shape index (κ1) is 16.2. The van der Waals surface area contributed by atoms with E-state index in [0.717, 1.165) is 5.69 Å². The van der Waals surface area contributed by atoms with Gasteiger partial charge in [-0.1, -0.05) is 12.1 Å². The minimum Gasteiger partial charge on any atom is -0.340 e. The molecular formula is C18H16N6O. The van der Waals surface area contributed by atoms with Crippen LogP contribution in [0.25, 0.3) is 0 Å². The van der Waals surface area contributed by atoms with Crippen molar-refractivity contribution < 1.29 is 4.79 Å². The second-order valence-electron chi connectivity index (χ2n) is 5.38. The number of hydrogen-bond donors (Lipinski definition) is 2. The molecule has 0 radical (unpaired) electrons. The zero-order chi connectivity index (χ0) is 17.6. The van der Waals surface area contributed by atoms with E-state index < -0.39 is 6.04 Å². The van der Waals surface area contributed by atoms with Crippen molar-refractivity contribution in [2.75, 3.05) is 10.6 Å². The molecule has 3 aromatic rings. The van der Waals surface area contributed by atoms with E-state index in [9.17, 15) is 4.79 Å². The van der Waals surface area contributed by atoms with Crippen LogP contribution in [-0.2, 0) is 4.79 Å². The lowest BCUT2D eigenvalue weighted by Gasteiger charge is -2.13. The molecule has 0 saturated carbocycles. The Morgan fingerprint density at radius 3 is 2.76 bits per heavy atom. The van der Waals surface area contributed by atoms with Crippen molar-refractivity contribution in [3.63, 3.8) is 0 Å². The number of benzene rings is 1. The largest absolute Gasteiger partial charge is 0.340 e. The molecule has 124 valence electrons. The lowest BCUT2D eigenvalue weighted by atomic mass is 10.2. The van der Waals surface area contributed by atoms with Crippen molar-refractivity contribution in [2.45, 2.75) is 13.0 Å². The maximum Gasteiger partial charge on any atom is 0.248 e. The van der Waals surface area contributed by atoms with Crippen LogP contribution >= 0.6 is 0 Å². The van der Waals surface area contributed by atoms with E-state index in [4.69, 9.17) is 5.26 Å². The normalized spacial score (nSPS) is 11.4. The summed E-state index contributed by atoms with van der Waals surface area (Å²) in [6.07, 6.45) is 3.38. The Bertz CT molecular complexity index is 913. The van der Waals surface area contributed by atoms with E-state index in [1.807, 2.05) is 18.2 Å². The lowest BCUT2D eigenvalue weighted by molar-refractivity contribution is -0.119. The molecule has 0 aliphatic rings. The fourth-order valence-electron chi connectivity index (χ4n) is 2.27. The van der Waals surface area contributed by atoms with Gasteiger partial charge in [-0.15, -0.1) is 0 Å². The van der Waals surface area contributed by atoms with E-state index in [1.54, 1.807) is 60.4 Å². The smallest absolute Gasteiger partial charge is 0.248 e. The number of nitrogens with one attached hydrogen (secondary N) is 2. The molecule has 0 aliphatic heterocycles. The van der Waals surface area contributed by atoms with Crippen molar-refractivity contribution in [3.8, 4) is 6.07 Å². The first-order valence-electron chi connectivity index (χ1n) is 7.70. The fraction of sp³-hybridized carbons (Fsp3) is 0.111. The van der Waals surface area contributed by atoms with Crippen LogP contribution in [0.5, 0.6) is 0 Å². The molecule has 0 aliphatic carbocycles. The molecule has 2 aromatic heterocycles. The first-order valence-corrected chi connectivity index (χ1v) is 7.70. The molecule has 1 atom stereocenters. The number of anilines is 3. The van der Waals surface area contributed by atoms with Gasteiger partial charge in [0.2, 0.25) is 5.91 Å². The predicted molar refractivity (Wildman–Crippen MR) is 94.2 cm³/mol. The SMILES string of the molecule is CC(C(=O)Nc1cccc(Nc2cccc(C#N)n2)c1)n1cccn1. The van der Waals surface area contributed by atoms with Crippen molar-refractivity contribution in [1.82, 2.24) is 14.8 Å². The molecule has 0 saturated heterocycles. The lowest BCUT2D eigenvalue weighted by Crippen LogP contribution is -2.23. The van der Waals surface area contributed by atoms with E-state index in [2.05, 4.69) is 20.7 Å². The van der Waals surface area contributed by atoms with E-state index in [1.165, 1.54) is 0 Å². The number of rotatable bonds is 5. The molecule has 7 nitrogen and oxygen atoms in total. The Hall–Kier alpha value is -3.66. The van der Waals surface area contributed by atoms with Crippen molar-refractivity contribution in [1.29, 1.82) is 5.26 Å². The highest BCUT2D eigenvalue weighted by Crippen LogP contribution is 2.20. The maximum atomic E-state index is 12.3. The summed E-state index contributed by atoms with van der Waals surface area (Å²) in [7, 11) is 0. The van der Waals surface area contributed by atoms with Crippen LogP contribution in [0.3, 0.4) is 0 Å². The molecule has 1 amide bonds. The topological polar surface area (TPSA) is 95.6 Å². The number of carbonyl (C=O) groups is 1. The average molecular weight is 332 g/mol. The van der Waals surface area contributed by atoms with E-state index in [-0.39, 0.29) is 5.91 Å². The monoisotopic (exact) mass is 332 g/mol. The third kappa shape index (κ3) is 4.00. The molecule has 0 bridgehead atoms. The summed E-state index contributed by atoms with van der Waals surface area (Å²) < 4.78 is 1.59. The Kier molecular flexibility index (Phi) is 4.72. The van der Waals surface area contributed by atoms with Gasteiger partial charge in [0.1, 0.15) is 23.6 Å². The third-order valence-corrected chi connectivity index (χ3v) is 3.57. The van der Waals surface area contributed by atoms with Crippen LogP contribution in [0.2, 0.25) is 0 Å². The zero-order valence-electron chi connectivity index (χ0n) is 13.5. The Morgan fingerprint density at radius 2 is 2.00 bits per heavy atom.